The summed E-state index contributed by atoms with van der Waals surface area (Å²) in [4.78, 5) is 4.33. The van der Waals surface area contributed by atoms with E-state index in [-0.39, 0.29) is 19.0 Å². The van der Waals surface area contributed by atoms with E-state index >= 15 is 0 Å². The second kappa shape index (κ2) is 7.41. The lowest BCUT2D eigenvalue weighted by Crippen LogP contribution is -2.00. The van der Waals surface area contributed by atoms with Gasteiger partial charge in [-0.1, -0.05) is 17.9 Å². The lowest BCUT2D eigenvalue weighted by Gasteiger charge is -2.08. The number of aryl methyl sites for hydroxylation is 1. The molecule has 0 aliphatic rings. The van der Waals surface area contributed by atoms with Crippen LogP contribution in [0.1, 0.15) is 23.4 Å². The maximum Gasteiger partial charge on any atom is 0.138 e. The first-order valence-electron chi connectivity index (χ1n) is 6.63. The predicted octanol–water partition coefficient (Wildman–Crippen LogP) is 2.84. The Labute approximate surface area is 123 Å². The number of hydrogen-bond donors (Lipinski definition) is 1. The van der Waals surface area contributed by atoms with Gasteiger partial charge in [0.25, 0.3) is 0 Å². The number of rotatable bonds is 4. The van der Waals surface area contributed by atoms with Crippen LogP contribution >= 0.6 is 0 Å². The van der Waals surface area contributed by atoms with Crippen LogP contribution in [0.2, 0.25) is 0 Å². The number of halogens is 1. The van der Waals surface area contributed by atoms with E-state index in [1.54, 1.807) is 6.07 Å². The predicted molar refractivity (Wildman–Crippen MR) is 78.3 cm³/mol. The molecule has 0 atom stereocenters. The van der Waals surface area contributed by atoms with Gasteiger partial charge in [-0.05, 0) is 31.2 Å². The SMILES string of the molecule is Cc1cccc(COc2cc(F)ccc2C#CCCO)n1. The van der Waals surface area contributed by atoms with E-state index < -0.39 is 0 Å². The van der Waals surface area contributed by atoms with Gasteiger partial charge in [-0.15, -0.1) is 0 Å². The summed E-state index contributed by atoms with van der Waals surface area (Å²) in [6.45, 7) is 2.15. The molecule has 2 rings (SSSR count). The third kappa shape index (κ3) is 4.59. The molecule has 0 radical (unpaired) electrons. The van der Waals surface area contributed by atoms with Gasteiger partial charge in [0, 0.05) is 18.2 Å². The zero-order valence-electron chi connectivity index (χ0n) is 11.8. The van der Waals surface area contributed by atoms with Crippen LogP contribution in [0, 0.1) is 24.6 Å². The van der Waals surface area contributed by atoms with Gasteiger partial charge < -0.3 is 9.84 Å². The second-order valence-electron chi connectivity index (χ2n) is 4.47. The molecular formula is C17H16FNO2. The third-order valence-corrected chi connectivity index (χ3v) is 2.73. The van der Waals surface area contributed by atoms with Gasteiger partial charge in [-0.3, -0.25) is 4.98 Å². The van der Waals surface area contributed by atoms with Gasteiger partial charge in [0.15, 0.2) is 0 Å². The van der Waals surface area contributed by atoms with Crippen LogP contribution in [0.4, 0.5) is 4.39 Å². The smallest absolute Gasteiger partial charge is 0.138 e. The minimum absolute atomic E-state index is 0.00238. The highest BCUT2D eigenvalue weighted by Gasteiger charge is 2.05. The summed E-state index contributed by atoms with van der Waals surface area (Å²) < 4.78 is 19.0. The lowest BCUT2D eigenvalue weighted by atomic mass is 10.2. The zero-order chi connectivity index (χ0) is 15.1. The standard InChI is InChI=1S/C17H16FNO2/c1-13-5-4-7-16(19-13)12-21-17-11-15(18)9-8-14(17)6-2-3-10-20/h4-5,7-9,11,20H,3,10,12H2,1H3. The molecule has 0 saturated carbocycles. The highest BCUT2D eigenvalue weighted by molar-refractivity contribution is 5.46. The van der Waals surface area contributed by atoms with Crippen molar-refractivity contribution in [3.05, 3.63) is 59.2 Å². The Morgan fingerprint density at radius 2 is 2.14 bits per heavy atom. The van der Waals surface area contributed by atoms with Crippen LogP contribution in [0.15, 0.2) is 36.4 Å². The molecule has 0 bridgehead atoms. The highest BCUT2D eigenvalue weighted by atomic mass is 19.1. The number of aromatic nitrogens is 1. The van der Waals surface area contributed by atoms with Crippen molar-refractivity contribution in [1.82, 2.24) is 4.98 Å². The van der Waals surface area contributed by atoms with Crippen LogP contribution in [-0.2, 0) is 6.61 Å². The highest BCUT2D eigenvalue weighted by Crippen LogP contribution is 2.20. The number of nitrogens with zero attached hydrogens (tertiary/aromatic N) is 1. The molecular weight excluding hydrogens is 269 g/mol. The van der Waals surface area contributed by atoms with Crippen molar-refractivity contribution in [2.24, 2.45) is 0 Å². The van der Waals surface area contributed by atoms with Gasteiger partial charge >= 0.3 is 0 Å². The molecule has 108 valence electrons. The molecule has 0 unspecified atom stereocenters. The molecule has 0 aliphatic carbocycles. The van der Waals surface area contributed by atoms with Crippen LogP contribution in [0.3, 0.4) is 0 Å². The fourth-order valence-corrected chi connectivity index (χ4v) is 1.76. The number of hydrogen-bond acceptors (Lipinski definition) is 3. The van der Waals surface area contributed by atoms with Crippen molar-refractivity contribution in [3.63, 3.8) is 0 Å². The molecule has 1 N–H and O–H groups in total. The van der Waals surface area contributed by atoms with Gasteiger partial charge in [-0.25, -0.2) is 4.39 Å². The molecule has 3 nitrogen and oxygen atoms in total. The molecule has 21 heavy (non-hydrogen) atoms. The Hall–Kier alpha value is -2.38. The summed E-state index contributed by atoms with van der Waals surface area (Å²) in [7, 11) is 0. The van der Waals surface area contributed by atoms with E-state index in [2.05, 4.69) is 16.8 Å². The molecule has 0 aliphatic heterocycles. The Morgan fingerprint density at radius 3 is 2.90 bits per heavy atom. The maximum atomic E-state index is 13.3. The van der Waals surface area contributed by atoms with Crippen LogP contribution in [0.5, 0.6) is 5.75 Å². The van der Waals surface area contributed by atoms with E-state index in [4.69, 9.17) is 9.84 Å². The Balaban J connectivity index is 2.15. The first-order valence-corrected chi connectivity index (χ1v) is 6.63. The van der Waals surface area contributed by atoms with E-state index in [9.17, 15) is 4.39 Å². The van der Waals surface area contributed by atoms with Crippen molar-refractivity contribution >= 4 is 0 Å². The molecule has 1 aromatic carbocycles. The second-order valence-corrected chi connectivity index (χ2v) is 4.47. The monoisotopic (exact) mass is 285 g/mol. The normalized spacial score (nSPS) is 9.86. The van der Waals surface area contributed by atoms with Crippen LogP contribution in [-0.4, -0.2) is 16.7 Å². The Morgan fingerprint density at radius 1 is 1.29 bits per heavy atom. The average molecular weight is 285 g/mol. The Bertz CT molecular complexity index is 674. The first-order chi connectivity index (χ1) is 10.2. The molecule has 1 aromatic heterocycles. The summed E-state index contributed by atoms with van der Waals surface area (Å²) in [6.07, 6.45) is 0.371. The van der Waals surface area contributed by atoms with Crippen LogP contribution < -0.4 is 4.74 Å². The van der Waals surface area contributed by atoms with Gasteiger partial charge in [-0.2, -0.15) is 0 Å². The molecule has 4 heteroatoms. The van der Waals surface area contributed by atoms with Crippen molar-refractivity contribution < 1.29 is 14.2 Å². The van der Waals surface area contributed by atoms with Gasteiger partial charge in [0.2, 0.25) is 0 Å². The maximum absolute atomic E-state index is 13.3. The largest absolute Gasteiger partial charge is 0.486 e. The summed E-state index contributed by atoms with van der Waals surface area (Å²) >= 11 is 0. The molecule has 0 saturated heterocycles. The van der Waals surface area contributed by atoms with E-state index in [1.165, 1.54) is 12.1 Å². The average Bonchev–Trinajstić information content (AvgIpc) is 2.47. The summed E-state index contributed by atoms with van der Waals surface area (Å²) in [5.74, 6) is 5.67. The number of aliphatic hydroxyl groups excluding tert-OH is 1. The first kappa shape index (κ1) is 15.0. The van der Waals surface area contributed by atoms with Crippen molar-refractivity contribution in [3.8, 4) is 17.6 Å². The number of benzene rings is 1. The molecule has 1 heterocycles. The Kier molecular flexibility index (Phi) is 5.30. The molecule has 2 aromatic rings. The number of ether oxygens (including phenoxy) is 1. The summed E-state index contributed by atoms with van der Waals surface area (Å²) in [5, 5.41) is 8.73. The molecule has 0 fully saturated rings. The fraction of sp³-hybridized carbons (Fsp3) is 0.235. The topological polar surface area (TPSA) is 42.4 Å². The number of aliphatic hydroxyl groups is 1. The van der Waals surface area contributed by atoms with E-state index in [1.807, 2.05) is 25.1 Å². The van der Waals surface area contributed by atoms with Crippen molar-refractivity contribution in [1.29, 1.82) is 0 Å². The molecule has 0 spiro atoms. The van der Waals surface area contributed by atoms with Gasteiger partial charge in [0.05, 0.1) is 17.9 Å². The summed E-state index contributed by atoms with van der Waals surface area (Å²) in [5.41, 5.74) is 2.27. The molecule has 0 amide bonds. The quantitative estimate of drug-likeness (QED) is 0.878. The minimum atomic E-state index is -0.380. The lowest BCUT2D eigenvalue weighted by molar-refractivity contribution is 0.298. The van der Waals surface area contributed by atoms with E-state index in [0.717, 1.165) is 11.4 Å². The third-order valence-electron chi connectivity index (χ3n) is 2.73. The van der Waals surface area contributed by atoms with Crippen molar-refractivity contribution in [2.45, 2.75) is 20.0 Å². The van der Waals surface area contributed by atoms with Gasteiger partial charge in [0.1, 0.15) is 18.2 Å². The minimum Gasteiger partial charge on any atom is -0.486 e. The summed E-state index contributed by atoms with van der Waals surface area (Å²) in [6, 6.07) is 9.85. The van der Waals surface area contributed by atoms with Crippen molar-refractivity contribution in [2.75, 3.05) is 6.61 Å². The number of pyridine rings is 1. The zero-order valence-corrected chi connectivity index (χ0v) is 11.8. The van der Waals surface area contributed by atoms with Crippen LogP contribution in [0.25, 0.3) is 0 Å². The fourth-order valence-electron chi connectivity index (χ4n) is 1.76. The van der Waals surface area contributed by atoms with E-state index in [0.29, 0.717) is 17.7 Å².